The van der Waals surface area contributed by atoms with Crippen LogP contribution >= 0.6 is 0 Å². The Hall–Kier alpha value is -2.14. The van der Waals surface area contributed by atoms with E-state index in [0.717, 1.165) is 6.07 Å². The molecule has 1 aliphatic heterocycles. The number of ether oxygens (including phenoxy) is 1. The van der Waals surface area contributed by atoms with E-state index in [-0.39, 0.29) is 34.5 Å². The number of aromatic hydroxyl groups is 2. The predicted molar refractivity (Wildman–Crippen MR) is 70.1 cm³/mol. The van der Waals surface area contributed by atoms with E-state index in [0.29, 0.717) is 17.6 Å². The maximum atomic E-state index is 12.5. The minimum absolute atomic E-state index is 0.0449. The van der Waals surface area contributed by atoms with Crippen molar-refractivity contribution in [3.63, 3.8) is 0 Å². The number of carbonyl (C=O) groups excluding carboxylic acids is 2. The van der Waals surface area contributed by atoms with E-state index in [1.807, 2.05) is 6.92 Å². The maximum absolute atomic E-state index is 12.5. The molecule has 5 heteroatoms. The molecule has 0 bridgehead atoms. The number of Topliss-reactive ketones (excluding diaryl/α,β-unsaturated/α-hetero) is 2. The lowest BCUT2D eigenvalue weighted by atomic mass is 9.78. The number of phenols is 2. The number of benzene rings is 1. The van der Waals surface area contributed by atoms with Gasteiger partial charge in [-0.15, -0.1) is 0 Å². The molecule has 5 nitrogen and oxygen atoms in total. The molecule has 0 amide bonds. The SMILES string of the molecule is C[C@@H]1O[C@@H](C)CC2=C1C(=O)c1c(O)cc(O)cc1C2=O. The van der Waals surface area contributed by atoms with Crippen molar-refractivity contribution < 1.29 is 24.5 Å². The second kappa shape index (κ2) is 4.18. The van der Waals surface area contributed by atoms with E-state index >= 15 is 0 Å². The Labute approximate surface area is 115 Å². The summed E-state index contributed by atoms with van der Waals surface area (Å²) < 4.78 is 5.59. The average molecular weight is 274 g/mol. The quantitative estimate of drug-likeness (QED) is 0.755. The molecule has 0 saturated heterocycles. The van der Waals surface area contributed by atoms with Crippen LogP contribution in [-0.4, -0.2) is 34.0 Å². The lowest BCUT2D eigenvalue weighted by Crippen LogP contribution is -2.36. The Balaban J connectivity index is 2.25. The first-order valence-electron chi connectivity index (χ1n) is 6.44. The normalized spacial score (nSPS) is 25.5. The van der Waals surface area contributed by atoms with Gasteiger partial charge in [0.2, 0.25) is 0 Å². The summed E-state index contributed by atoms with van der Waals surface area (Å²) in [7, 11) is 0. The molecular formula is C15H14O5. The number of carbonyl (C=O) groups is 2. The standard InChI is InChI=1S/C15H14O5/c1-6-3-9-12(7(2)20-6)15(19)13-10(14(9)18)4-8(16)5-11(13)17/h4-7,16-17H,3H2,1-2H3/t6-,7-/m0/s1. The molecular weight excluding hydrogens is 260 g/mol. The Kier molecular flexibility index (Phi) is 2.69. The van der Waals surface area contributed by atoms with Crippen molar-refractivity contribution in [2.24, 2.45) is 0 Å². The van der Waals surface area contributed by atoms with Gasteiger partial charge >= 0.3 is 0 Å². The van der Waals surface area contributed by atoms with Gasteiger partial charge in [0, 0.05) is 29.2 Å². The third-order valence-electron chi connectivity index (χ3n) is 3.75. The van der Waals surface area contributed by atoms with Gasteiger partial charge in [-0.1, -0.05) is 0 Å². The van der Waals surface area contributed by atoms with Gasteiger partial charge < -0.3 is 14.9 Å². The smallest absolute Gasteiger partial charge is 0.196 e. The zero-order valence-electron chi connectivity index (χ0n) is 11.1. The molecule has 20 heavy (non-hydrogen) atoms. The largest absolute Gasteiger partial charge is 0.508 e. The van der Waals surface area contributed by atoms with Crippen LogP contribution in [0.2, 0.25) is 0 Å². The first-order chi connectivity index (χ1) is 9.40. The molecule has 0 aromatic heterocycles. The van der Waals surface area contributed by atoms with Gasteiger partial charge in [-0.2, -0.15) is 0 Å². The lowest BCUT2D eigenvalue weighted by Gasteiger charge is -2.32. The minimum Gasteiger partial charge on any atom is -0.508 e. The number of rotatable bonds is 0. The third kappa shape index (κ3) is 1.67. The Morgan fingerprint density at radius 2 is 1.85 bits per heavy atom. The van der Waals surface area contributed by atoms with Crippen LogP contribution in [0.25, 0.3) is 0 Å². The van der Waals surface area contributed by atoms with E-state index in [9.17, 15) is 19.8 Å². The van der Waals surface area contributed by atoms with E-state index in [4.69, 9.17) is 4.74 Å². The van der Waals surface area contributed by atoms with Crippen LogP contribution in [0.4, 0.5) is 0 Å². The van der Waals surface area contributed by atoms with Crippen molar-refractivity contribution in [2.45, 2.75) is 32.5 Å². The first-order valence-corrected chi connectivity index (χ1v) is 6.44. The summed E-state index contributed by atoms with van der Waals surface area (Å²) in [6.07, 6.45) is -0.264. The molecule has 2 aliphatic rings. The Bertz CT molecular complexity index is 671. The molecule has 104 valence electrons. The Morgan fingerprint density at radius 1 is 1.15 bits per heavy atom. The van der Waals surface area contributed by atoms with Gasteiger partial charge in [-0.25, -0.2) is 0 Å². The fraction of sp³-hybridized carbons (Fsp3) is 0.333. The molecule has 0 radical (unpaired) electrons. The zero-order valence-corrected chi connectivity index (χ0v) is 11.1. The molecule has 1 aromatic carbocycles. The molecule has 0 fully saturated rings. The monoisotopic (exact) mass is 274 g/mol. The van der Waals surface area contributed by atoms with Gasteiger partial charge in [0.1, 0.15) is 11.5 Å². The van der Waals surface area contributed by atoms with E-state index in [1.54, 1.807) is 6.92 Å². The predicted octanol–water partition coefficient (Wildman–Crippen LogP) is 1.97. The second-order valence-corrected chi connectivity index (χ2v) is 5.23. The van der Waals surface area contributed by atoms with Gasteiger partial charge in [-0.3, -0.25) is 9.59 Å². The van der Waals surface area contributed by atoms with Gasteiger partial charge in [0.15, 0.2) is 11.6 Å². The van der Waals surface area contributed by atoms with Crippen molar-refractivity contribution in [1.82, 2.24) is 0 Å². The molecule has 3 rings (SSSR count). The summed E-state index contributed by atoms with van der Waals surface area (Å²) >= 11 is 0. The van der Waals surface area contributed by atoms with Crippen LogP contribution in [0, 0.1) is 0 Å². The van der Waals surface area contributed by atoms with Crippen LogP contribution in [-0.2, 0) is 4.74 Å². The molecule has 0 unspecified atom stereocenters. The van der Waals surface area contributed by atoms with Crippen LogP contribution < -0.4 is 0 Å². The fourth-order valence-corrected chi connectivity index (χ4v) is 2.97. The van der Waals surface area contributed by atoms with Crippen LogP contribution in [0.15, 0.2) is 23.3 Å². The zero-order chi connectivity index (χ0) is 14.6. The number of hydrogen-bond acceptors (Lipinski definition) is 5. The molecule has 1 aliphatic carbocycles. The van der Waals surface area contributed by atoms with Crippen molar-refractivity contribution >= 4 is 11.6 Å². The van der Waals surface area contributed by atoms with Crippen molar-refractivity contribution in [1.29, 1.82) is 0 Å². The molecule has 2 N–H and O–H groups in total. The summed E-state index contributed by atoms with van der Waals surface area (Å²) in [5.41, 5.74) is 0.768. The Morgan fingerprint density at radius 3 is 2.55 bits per heavy atom. The topological polar surface area (TPSA) is 83.8 Å². The number of fused-ring (bicyclic) bond motifs is 1. The molecule has 0 spiro atoms. The average Bonchev–Trinajstić information content (AvgIpc) is 2.34. The summed E-state index contributed by atoms with van der Waals surface area (Å²) in [6, 6.07) is 2.29. The molecule has 1 aromatic rings. The van der Waals surface area contributed by atoms with Gasteiger partial charge in [0.25, 0.3) is 0 Å². The van der Waals surface area contributed by atoms with Gasteiger partial charge in [-0.05, 0) is 19.9 Å². The lowest BCUT2D eigenvalue weighted by molar-refractivity contribution is 0.0148. The van der Waals surface area contributed by atoms with E-state index < -0.39 is 11.9 Å². The summed E-state index contributed by atoms with van der Waals surface area (Å²) in [6.45, 7) is 3.56. The maximum Gasteiger partial charge on any atom is 0.196 e. The van der Waals surface area contributed by atoms with Crippen molar-refractivity contribution in [3.8, 4) is 11.5 Å². The highest BCUT2D eigenvalue weighted by molar-refractivity contribution is 6.28. The summed E-state index contributed by atoms with van der Waals surface area (Å²) in [5.74, 6) is -1.33. The van der Waals surface area contributed by atoms with Crippen LogP contribution in [0.1, 0.15) is 41.0 Å². The highest BCUT2D eigenvalue weighted by Gasteiger charge is 2.40. The highest BCUT2D eigenvalue weighted by Crippen LogP contribution is 2.40. The van der Waals surface area contributed by atoms with E-state index in [1.165, 1.54) is 6.07 Å². The minimum atomic E-state index is -0.480. The van der Waals surface area contributed by atoms with Gasteiger partial charge in [0.05, 0.1) is 17.8 Å². The number of hydrogen-bond donors (Lipinski definition) is 2. The van der Waals surface area contributed by atoms with Crippen molar-refractivity contribution in [3.05, 3.63) is 34.4 Å². The fourth-order valence-electron chi connectivity index (χ4n) is 2.97. The summed E-state index contributed by atoms with van der Waals surface area (Å²) in [4.78, 5) is 25.0. The third-order valence-corrected chi connectivity index (χ3v) is 3.75. The highest BCUT2D eigenvalue weighted by atomic mass is 16.5. The van der Waals surface area contributed by atoms with E-state index in [2.05, 4.69) is 0 Å². The number of ketones is 2. The summed E-state index contributed by atoms with van der Waals surface area (Å²) in [5, 5.41) is 19.4. The molecule has 1 heterocycles. The number of phenolic OH excluding ortho intramolecular Hbond substituents is 2. The van der Waals surface area contributed by atoms with Crippen molar-refractivity contribution in [2.75, 3.05) is 0 Å². The van der Waals surface area contributed by atoms with Crippen LogP contribution in [0.3, 0.4) is 0 Å². The molecule has 0 saturated carbocycles. The first kappa shape index (κ1) is 12.9. The molecule has 2 atom stereocenters. The second-order valence-electron chi connectivity index (χ2n) is 5.23. The van der Waals surface area contributed by atoms with Crippen LogP contribution in [0.5, 0.6) is 11.5 Å².